The third-order valence-electron chi connectivity index (χ3n) is 5.14. The van der Waals surface area contributed by atoms with Crippen LogP contribution < -0.4 is 10.2 Å². The van der Waals surface area contributed by atoms with Crippen LogP contribution in [0.15, 0.2) is 59.1 Å². The van der Waals surface area contributed by atoms with Gasteiger partial charge in [0.1, 0.15) is 23.6 Å². The second kappa shape index (κ2) is 9.33. The van der Waals surface area contributed by atoms with Crippen LogP contribution in [0.1, 0.15) is 41.1 Å². The molecule has 0 bridgehead atoms. The lowest BCUT2D eigenvalue weighted by Crippen LogP contribution is -3.10. The standard InChI is InChI=1S/C23H27N3O2/c1-4-26(5-2)16-20-14-10-9-13-19(20)15-24-23(27)21-17(3)28-25-22(21)18-11-7-6-8-12-18/h6-14H,4-5,15-16H2,1-3H3,(H,24,27)/p+1. The predicted octanol–water partition coefficient (Wildman–Crippen LogP) is 3.00. The molecule has 2 aromatic carbocycles. The van der Waals surface area contributed by atoms with Crippen LogP contribution in [0, 0.1) is 6.92 Å². The average Bonchev–Trinajstić information content (AvgIpc) is 3.13. The molecule has 0 radical (unpaired) electrons. The normalized spacial score (nSPS) is 11.0. The van der Waals surface area contributed by atoms with Crippen molar-refractivity contribution in [3.8, 4) is 11.3 Å². The first-order valence-electron chi connectivity index (χ1n) is 9.84. The van der Waals surface area contributed by atoms with E-state index in [4.69, 9.17) is 4.52 Å². The lowest BCUT2D eigenvalue weighted by molar-refractivity contribution is -0.910. The fourth-order valence-electron chi connectivity index (χ4n) is 3.37. The van der Waals surface area contributed by atoms with Crippen molar-refractivity contribution < 1.29 is 14.2 Å². The molecular formula is C23H28N3O2+. The first-order valence-corrected chi connectivity index (χ1v) is 9.84. The molecule has 1 heterocycles. The van der Waals surface area contributed by atoms with E-state index >= 15 is 0 Å². The van der Waals surface area contributed by atoms with Gasteiger partial charge in [-0.2, -0.15) is 0 Å². The summed E-state index contributed by atoms with van der Waals surface area (Å²) in [6.07, 6.45) is 0. The molecule has 5 nitrogen and oxygen atoms in total. The zero-order chi connectivity index (χ0) is 19.9. The molecule has 3 rings (SSSR count). The summed E-state index contributed by atoms with van der Waals surface area (Å²) in [5.74, 6) is 0.361. The highest BCUT2D eigenvalue weighted by atomic mass is 16.5. The van der Waals surface area contributed by atoms with Gasteiger partial charge < -0.3 is 14.7 Å². The number of aromatic nitrogens is 1. The van der Waals surface area contributed by atoms with Crippen LogP contribution in [0.4, 0.5) is 0 Å². The summed E-state index contributed by atoms with van der Waals surface area (Å²) < 4.78 is 5.31. The van der Waals surface area contributed by atoms with Crippen LogP contribution in [0.3, 0.4) is 0 Å². The van der Waals surface area contributed by atoms with Gasteiger partial charge in [0.15, 0.2) is 0 Å². The van der Waals surface area contributed by atoms with Crippen LogP contribution >= 0.6 is 0 Å². The number of nitrogens with one attached hydrogen (secondary N) is 2. The first-order chi connectivity index (χ1) is 13.6. The molecule has 0 spiro atoms. The van der Waals surface area contributed by atoms with Crippen molar-refractivity contribution in [2.45, 2.75) is 33.9 Å². The number of hydrogen-bond donors (Lipinski definition) is 2. The fraction of sp³-hybridized carbons (Fsp3) is 0.304. The van der Waals surface area contributed by atoms with Crippen molar-refractivity contribution in [1.82, 2.24) is 10.5 Å². The number of amides is 1. The molecule has 3 aromatic rings. The molecule has 0 aliphatic rings. The van der Waals surface area contributed by atoms with Gasteiger partial charge in [0.25, 0.3) is 5.91 Å². The monoisotopic (exact) mass is 378 g/mol. The highest BCUT2D eigenvalue weighted by Crippen LogP contribution is 2.25. The van der Waals surface area contributed by atoms with E-state index in [9.17, 15) is 4.79 Å². The van der Waals surface area contributed by atoms with E-state index in [-0.39, 0.29) is 5.91 Å². The lowest BCUT2D eigenvalue weighted by Gasteiger charge is -2.18. The fourth-order valence-corrected chi connectivity index (χ4v) is 3.37. The van der Waals surface area contributed by atoms with Crippen molar-refractivity contribution in [2.75, 3.05) is 13.1 Å². The summed E-state index contributed by atoms with van der Waals surface area (Å²) in [5.41, 5.74) is 4.36. The third-order valence-corrected chi connectivity index (χ3v) is 5.14. The number of nitrogens with zero attached hydrogens (tertiary/aromatic N) is 1. The number of benzene rings is 2. The third kappa shape index (κ3) is 4.49. The Balaban J connectivity index is 1.77. The van der Waals surface area contributed by atoms with E-state index in [2.05, 4.69) is 42.5 Å². The summed E-state index contributed by atoms with van der Waals surface area (Å²) in [6.45, 7) is 9.77. The number of carbonyl (C=O) groups is 1. The van der Waals surface area contributed by atoms with Gasteiger partial charge in [-0.1, -0.05) is 59.8 Å². The van der Waals surface area contributed by atoms with E-state index < -0.39 is 0 Å². The van der Waals surface area contributed by atoms with Gasteiger partial charge in [-0.25, -0.2) is 0 Å². The van der Waals surface area contributed by atoms with E-state index in [0.29, 0.717) is 23.6 Å². The highest BCUT2D eigenvalue weighted by Gasteiger charge is 2.21. The quantitative estimate of drug-likeness (QED) is 0.633. The van der Waals surface area contributed by atoms with Gasteiger partial charge in [-0.3, -0.25) is 4.79 Å². The molecule has 0 aliphatic heterocycles. The molecule has 0 fully saturated rings. The zero-order valence-electron chi connectivity index (χ0n) is 16.8. The Morgan fingerprint density at radius 1 is 1.00 bits per heavy atom. The van der Waals surface area contributed by atoms with Crippen molar-refractivity contribution >= 4 is 5.91 Å². The second-order valence-electron chi connectivity index (χ2n) is 6.91. The zero-order valence-corrected chi connectivity index (χ0v) is 16.8. The maximum absolute atomic E-state index is 12.9. The second-order valence-corrected chi connectivity index (χ2v) is 6.91. The molecule has 5 heteroatoms. The average molecular weight is 378 g/mol. The first kappa shape index (κ1) is 19.8. The SMILES string of the molecule is CC[NH+](CC)Cc1ccccc1CNC(=O)c1c(-c2ccccc2)noc1C. The number of rotatable bonds is 8. The topological polar surface area (TPSA) is 59.6 Å². The number of hydrogen-bond acceptors (Lipinski definition) is 3. The minimum atomic E-state index is -0.164. The molecule has 28 heavy (non-hydrogen) atoms. The van der Waals surface area contributed by atoms with Gasteiger partial charge in [-0.15, -0.1) is 0 Å². The summed E-state index contributed by atoms with van der Waals surface area (Å²) >= 11 is 0. The molecule has 0 unspecified atom stereocenters. The molecule has 146 valence electrons. The van der Waals surface area contributed by atoms with Crippen LogP contribution in [0.2, 0.25) is 0 Å². The molecule has 0 saturated heterocycles. The number of aryl methyl sites for hydroxylation is 1. The van der Waals surface area contributed by atoms with E-state index in [1.165, 1.54) is 10.5 Å². The predicted molar refractivity (Wildman–Crippen MR) is 110 cm³/mol. The van der Waals surface area contributed by atoms with E-state index in [1.54, 1.807) is 6.92 Å². The molecule has 1 aromatic heterocycles. The smallest absolute Gasteiger partial charge is 0.257 e. The Labute approximate surface area is 166 Å². The minimum absolute atomic E-state index is 0.164. The van der Waals surface area contributed by atoms with Gasteiger partial charge in [-0.05, 0) is 26.3 Å². The molecule has 1 amide bonds. The van der Waals surface area contributed by atoms with Gasteiger partial charge >= 0.3 is 0 Å². The maximum Gasteiger partial charge on any atom is 0.257 e. The van der Waals surface area contributed by atoms with Crippen molar-refractivity contribution in [3.63, 3.8) is 0 Å². The van der Waals surface area contributed by atoms with Crippen LogP contribution in [-0.4, -0.2) is 24.2 Å². The molecule has 0 aliphatic carbocycles. The van der Waals surface area contributed by atoms with Crippen molar-refractivity contribution in [3.05, 3.63) is 77.0 Å². The molecular weight excluding hydrogens is 350 g/mol. The largest absolute Gasteiger partial charge is 0.360 e. The Morgan fingerprint density at radius 2 is 1.64 bits per heavy atom. The van der Waals surface area contributed by atoms with Gasteiger partial charge in [0.2, 0.25) is 0 Å². The Kier molecular flexibility index (Phi) is 6.61. The van der Waals surface area contributed by atoms with Crippen LogP contribution in [-0.2, 0) is 13.1 Å². The summed E-state index contributed by atoms with van der Waals surface area (Å²) in [5, 5.41) is 7.16. The molecule has 0 atom stereocenters. The summed E-state index contributed by atoms with van der Waals surface area (Å²) in [7, 11) is 0. The maximum atomic E-state index is 12.9. The van der Waals surface area contributed by atoms with Gasteiger partial charge in [0.05, 0.1) is 13.1 Å². The van der Waals surface area contributed by atoms with Crippen molar-refractivity contribution in [1.29, 1.82) is 0 Å². The Hall–Kier alpha value is -2.92. The number of quaternary nitrogens is 1. The molecule has 0 saturated carbocycles. The lowest BCUT2D eigenvalue weighted by atomic mass is 10.0. The van der Waals surface area contributed by atoms with Crippen LogP contribution in [0.25, 0.3) is 11.3 Å². The summed E-state index contributed by atoms with van der Waals surface area (Å²) in [6, 6.07) is 17.9. The van der Waals surface area contributed by atoms with E-state index in [1.807, 2.05) is 36.4 Å². The van der Waals surface area contributed by atoms with Gasteiger partial charge in [0, 0.05) is 17.7 Å². The van der Waals surface area contributed by atoms with Crippen molar-refractivity contribution in [2.24, 2.45) is 0 Å². The highest BCUT2D eigenvalue weighted by molar-refractivity contribution is 6.00. The Morgan fingerprint density at radius 3 is 2.32 bits per heavy atom. The molecule has 2 N–H and O–H groups in total. The van der Waals surface area contributed by atoms with E-state index in [0.717, 1.165) is 30.8 Å². The summed E-state index contributed by atoms with van der Waals surface area (Å²) in [4.78, 5) is 14.4. The Bertz CT molecular complexity index is 915. The minimum Gasteiger partial charge on any atom is -0.360 e. The number of carbonyl (C=O) groups excluding carboxylic acids is 1. The van der Waals surface area contributed by atoms with Crippen LogP contribution in [0.5, 0.6) is 0 Å².